The van der Waals surface area contributed by atoms with Crippen LogP contribution in [-0.4, -0.2) is 18.2 Å². The summed E-state index contributed by atoms with van der Waals surface area (Å²) in [5.74, 6) is -0.733. The Balaban J connectivity index is 2.15. The number of alkyl halides is 3. The first-order valence-electron chi connectivity index (χ1n) is 9.03. The molecular formula is C20H18F4NO4P. The molecule has 0 aliphatic heterocycles. The number of nitrogens with one attached hydrogen (secondary N) is 1. The van der Waals surface area contributed by atoms with Crippen LogP contribution < -0.4 is 10.9 Å². The van der Waals surface area contributed by atoms with Gasteiger partial charge in [-0.15, -0.1) is 0 Å². The molecule has 0 atom stereocenters. The van der Waals surface area contributed by atoms with E-state index in [0.717, 1.165) is 30.3 Å². The van der Waals surface area contributed by atoms with Crippen molar-refractivity contribution in [3.63, 3.8) is 0 Å². The van der Waals surface area contributed by atoms with Gasteiger partial charge in [-0.25, -0.2) is 4.39 Å². The summed E-state index contributed by atoms with van der Waals surface area (Å²) in [6.45, 7) is 3.27. The maximum atomic E-state index is 14.6. The fraction of sp³-hybridized carbons (Fsp3) is 0.250. The van der Waals surface area contributed by atoms with E-state index in [9.17, 15) is 26.9 Å². The van der Waals surface area contributed by atoms with Crippen molar-refractivity contribution in [2.24, 2.45) is 0 Å². The molecule has 0 saturated heterocycles. The van der Waals surface area contributed by atoms with Gasteiger partial charge in [0.05, 0.1) is 24.3 Å². The Morgan fingerprint density at radius 1 is 1.00 bits per heavy atom. The minimum Gasteiger partial charge on any atom is -0.321 e. The molecule has 160 valence electrons. The molecule has 0 spiro atoms. The van der Waals surface area contributed by atoms with E-state index >= 15 is 0 Å². The lowest BCUT2D eigenvalue weighted by Crippen LogP contribution is -2.29. The second-order valence-electron chi connectivity index (χ2n) is 6.31. The Morgan fingerprint density at radius 3 is 2.13 bits per heavy atom. The zero-order chi connectivity index (χ0) is 22.1. The Bertz CT molecular complexity index is 1160. The number of aromatic nitrogens is 1. The van der Waals surface area contributed by atoms with Gasteiger partial charge in [0.2, 0.25) is 0 Å². The Kier molecular flexibility index (Phi) is 6.17. The smallest absolute Gasteiger partial charge is 0.321 e. The predicted molar refractivity (Wildman–Crippen MR) is 105 cm³/mol. The van der Waals surface area contributed by atoms with Crippen molar-refractivity contribution >= 4 is 23.8 Å². The van der Waals surface area contributed by atoms with E-state index in [-0.39, 0.29) is 35.2 Å². The van der Waals surface area contributed by atoms with E-state index < -0.39 is 30.7 Å². The third-order valence-electron chi connectivity index (χ3n) is 4.33. The summed E-state index contributed by atoms with van der Waals surface area (Å²) < 4.78 is 76.3. The molecule has 1 N–H and O–H groups in total. The van der Waals surface area contributed by atoms with Gasteiger partial charge >= 0.3 is 13.8 Å². The topological polar surface area (TPSA) is 68.4 Å². The highest BCUT2D eigenvalue weighted by molar-refractivity contribution is 7.62. The average molecular weight is 443 g/mol. The predicted octanol–water partition coefficient (Wildman–Crippen LogP) is 5.24. The zero-order valence-electron chi connectivity index (χ0n) is 16.0. The van der Waals surface area contributed by atoms with Gasteiger partial charge in [0.1, 0.15) is 11.1 Å². The van der Waals surface area contributed by atoms with E-state index in [2.05, 4.69) is 4.98 Å². The number of halogens is 4. The van der Waals surface area contributed by atoms with Crippen LogP contribution in [0.3, 0.4) is 0 Å². The van der Waals surface area contributed by atoms with E-state index in [0.29, 0.717) is 5.39 Å². The number of fused-ring (bicyclic) bond motifs is 1. The minimum absolute atomic E-state index is 0.0249. The van der Waals surface area contributed by atoms with E-state index in [1.807, 2.05) is 0 Å². The monoisotopic (exact) mass is 443 g/mol. The number of pyridine rings is 1. The molecule has 0 aliphatic rings. The Morgan fingerprint density at radius 2 is 1.60 bits per heavy atom. The second-order valence-corrected chi connectivity index (χ2v) is 8.30. The molecule has 5 nitrogen and oxygen atoms in total. The van der Waals surface area contributed by atoms with Crippen LogP contribution in [0.2, 0.25) is 0 Å². The van der Waals surface area contributed by atoms with E-state index in [1.165, 1.54) is 12.1 Å². The largest absolute Gasteiger partial charge is 0.416 e. The third-order valence-corrected chi connectivity index (χ3v) is 6.45. The Labute approximate surface area is 169 Å². The van der Waals surface area contributed by atoms with Crippen molar-refractivity contribution < 1.29 is 31.2 Å². The lowest BCUT2D eigenvalue weighted by atomic mass is 10.0. The molecule has 0 saturated carbocycles. The number of rotatable bonds is 6. The van der Waals surface area contributed by atoms with Crippen LogP contribution in [0.4, 0.5) is 17.6 Å². The summed E-state index contributed by atoms with van der Waals surface area (Å²) >= 11 is 0. The lowest BCUT2D eigenvalue weighted by molar-refractivity contribution is -0.137. The fourth-order valence-electron chi connectivity index (χ4n) is 3.00. The molecule has 0 unspecified atom stereocenters. The Hall–Kier alpha value is -2.48. The van der Waals surface area contributed by atoms with Crippen molar-refractivity contribution in [3.05, 3.63) is 64.2 Å². The summed E-state index contributed by atoms with van der Waals surface area (Å²) in [6, 6.07) is 7.73. The highest BCUT2D eigenvalue weighted by atomic mass is 31.2. The fourth-order valence-corrected chi connectivity index (χ4v) is 4.63. The van der Waals surface area contributed by atoms with Crippen molar-refractivity contribution in [1.29, 1.82) is 0 Å². The molecule has 1 aromatic heterocycles. The second kappa shape index (κ2) is 8.34. The van der Waals surface area contributed by atoms with Gasteiger partial charge in [-0.2, -0.15) is 13.2 Å². The molecule has 2 aromatic carbocycles. The molecule has 0 aliphatic carbocycles. The summed E-state index contributed by atoms with van der Waals surface area (Å²) in [5.41, 5.74) is -1.22. The number of hydrogen-bond donors (Lipinski definition) is 1. The molecule has 1 heterocycles. The molecule has 10 heteroatoms. The van der Waals surface area contributed by atoms with Crippen LogP contribution in [0.1, 0.15) is 19.4 Å². The molecule has 0 fully saturated rings. The van der Waals surface area contributed by atoms with Gasteiger partial charge in [0, 0.05) is 5.56 Å². The van der Waals surface area contributed by atoms with Crippen molar-refractivity contribution in [3.8, 4) is 11.1 Å². The maximum Gasteiger partial charge on any atom is 0.416 e. The average Bonchev–Trinajstić information content (AvgIpc) is 2.67. The molecule has 30 heavy (non-hydrogen) atoms. The van der Waals surface area contributed by atoms with Gasteiger partial charge in [0.25, 0.3) is 5.56 Å². The molecule has 3 aromatic rings. The summed E-state index contributed by atoms with van der Waals surface area (Å²) in [5, 5.41) is 0.0872. The van der Waals surface area contributed by atoms with E-state index in [1.54, 1.807) is 13.8 Å². The number of benzene rings is 2. The highest BCUT2D eigenvalue weighted by Gasteiger charge is 2.31. The van der Waals surface area contributed by atoms with Crippen LogP contribution >= 0.6 is 7.60 Å². The first kappa shape index (κ1) is 22.2. The van der Waals surface area contributed by atoms with E-state index in [4.69, 9.17) is 9.05 Å². The molecule has 3 rings (SSSR count). The lowest BCUT2D eigenvalue weighted by Gasteiger charge is -2.17. The molecular weight excluding hydrogens is 425 g/mol. The van der Waals surface area contributed by atoms with Crippen molar-refractivity contribution in [1.82, 2.24) is 4.98 Å². The summed E-state index contributed by atoms with van der Waals surface area (Å²) in [6.07, 6.45) is -4.51. The van der Waals surface area contributed by atoms with Gasteiger partial charge in [-0.05, 0) is 55.1 Å². The summed E-state index contributed by atoms with van der Waals surface area (Å²) in [7, 11) is -3.90. The first-order chi connectivity index (χ1) is 14.1. The normalized spacial score (nSPS) is 12.5. The van der Waals surface area contributed by atoms with Gasteiger partial charge in [-0.3, -0.25) is 9.36 Å². The van der Waals surface area contributed by atoms with Gasteiger partial charge in [0.15, 0.2) is 0 Å². The van der Waals surface area contributed by atoms with Gasteiger partial charge < -0.3 is 14.0 Å². The molecule has 0 bridgehead atoms. The highest BCUT2D eigenvalue weighted by Crippen LogP contribution is 2.46. The molecule has 0 radical (unpaired) electrons. The van der Waals surface area contributed by atoms with Crippen LogP contribution in [0.5, 0.6) is 0 Å². The van der Waals surface area contributed by atoms with Crippen LogP contribution in [0.15, 0.2) is 47.3 Å². The van der Waals surface area contributed by atoms with Crippen LogP contribution in [0.25, 0.3) is 22.0 Å². The summed E-state index contributed by atoms with van der Waals surface area (Å²) in [4.78, 5) is 14.9. The first-order valence-corrected chi connectivity index (χ1v) is 10.6. The van der Waals surface area contributed by atoms with Crippen molar-refractivity contribution in [2.75, 3.05) is 13.2 Å². The van der Waals surface area contributed by atoms with Crippen molar-refractivity contribution in [2.45, 2.75) is 20.0 Å². The quantitative estimate of drug-likeness (QED) is 0.418. The van der Waals surface area contributed by atoms with Gasteiger partial charge in [-0.1, -0.05) is 12.1 Å². The number of aromatic amines is 1. The zero-order valence-corrected chi connectivity index (χ0v) is 16.9. The van der Waals surface area contributed by atoms with Crippen LogP contribution in [-0.2, 0) is 19.8 Å². The standard InChI is InChI=1S/C20H18F4NO4P/c1-3-28-30(27,29-4-2)18-10-13-9-15(16(21)11-17(13)25-19(18)26)12-5-7-14(8-6-12)20(22,23)24/h5-11H,3-4H2,1-2H3,(H,25,26). The third kappa shape index (κ3) is 4.33. The SMILES string of the molecule is CCOP(=O)(OCC)c1cc2cc(-c3ccc(C(F)(F)F)cc3)c(F)cc2[nH]c1=O. The minimum atomic E-state index is -4.51. The van der Waals surface area contributed by atoms with Crippen LogP contribution in [0, 0.1) is 5.82 Å². The molecule has 0 amide bonds. The maximum absolute atomic E-state index is 14.6. The number of hydrogen-bond acceptors (Lipinski definition) is 4. The number of H-pyrrole nitrogens is 1.